The van der Waals surface area contributed by atoms with Crippen molar-refractivity contribution in [3.05, 3.63) is 59.9 Å². The molecule has 0 aliphatic rings. The number of benzene rings is 1. The van der Waals surface area contributed by atoms with E-state index >= 15 is 4.39 Å². The van der Waals surface area contributed by atoms with Crippen molar-refractivity contribution in [3.63, 3.8) is 0 Å². The van der Waals surface area contributed by atoms with Gasteiger partial charge in [0, 0.05) is 41.6 Å². The average molecular weight is 515 g/mol. The molecule has 0 aliphatic carbocycles. The monoisotopic (exact) mass is 514 g/mol. The summed E-state index contributed by atoms with van der Waals surface area (Å²) in [4.78, 5) is 12.2. The fourth-order valence-electron chi connectivity index (χ4n) is 3.59. The number of rotatable bonds is 6. The number of ether oxygens (including phenoxy) is 1. The van der Waals surface area contributed by atoms with Gasteiger partial charge in [-0.05, 0) is 30.3 Å². The van der Waals surface area contributed by atoms with E-state index in [2.05, 4.69) is 35.2 Å². The fraction of sp³-hybridized carbons (Fsp3) is 0.0952. The highest BCUT2D eigenvalue weighted by molar-refractivity contribution is 7.93. The van der Waals surface area contributed by atoms with Gasteiger partial charge in [-0.3, -0.25) is 9.12 Å². The molecule has 5 rings (SSSR count). The molecular formula is C21H16ClFN8O3S. The second-order valence-corrected chi connectivity index (χ2v) is 9.26. The van der Waals surface area contributed by atoms with Gasteiger partial charge in [0.05, 0.1) is 12.1 Å². The van der Waals surface area contributed by atoms with Crippen LogP contribution in [-0.4, -0.2) is 52.1 Å². The number of sulfonamides is 1. The first-order chi connectivity index (χ1) is 16.8. The number of aromatic nitrogens is 6. The summed E-state index contributed by atoms with van der Waals surface area (Å²) in [6, 6.07) is 6.77. The van der Waals surface area contributed by atoms with Gasteiger partial charge in [0.2, 0.25) is 11.8 Å². The molecule has 5 aromatic rings. The number of hydrogen-bond donors (Lipinski definition) is 2. The summed E-state index contributed by atoms with van der Waals surface area (Å²) < 4.78 is 50.2. The van der Waals surface area contributed by atoms with Gasteiger partial charge in [0.15, 0.2) is 16.2 Å². The van der Waals surface area contributed by atoms with E-state index in [9.17, 15) is 8.42 Å². The number of fused-ring (bicyclic) bond motifs is 3. The Hall–Kier alpha value is -4.10. The highest BCUT2D eigenvalue weighted by Gasteiger charge is 2.25. The zero-order valence-corrected chi connectivity index (χ0v) is 19.8. The zero-order valence-electron chi connectivity index (χ0n) is 18.2. The smallest absolute Gasteiger partial charge is 0.268 e. The van der Waals surface area contributed by atoms with Gasteiger partial charge in [0.25, 0.3) is 10.0 Å². The lowest BCUT2D eigenvalue weighted by atomic mass is 10.0. The molecule has 0 saturated heterocycles. The van der Waals surface area contributed by atoms with Gasteiger partial charge in [-0.15, -0.1) is 10.2 Å². The van der Waals surface area contributed by atoms with Gasteiger partial charge in [-0.2, -0.15) is 4.98 Å². The molecule has 11 nitrogen and oxygen atoms in total. The van der Waals surface area contributed by atoms with Crippen LogP contribution in [0, 0.1) is 5.82 Å². The SMILES string of the molecule is CNc1ncc2cc(-c3cc(NS(=O)(=O)c4c(Cl)ccnc4OC)ccc3F)c3nncn3c2n1. The second kappa shape index (κ2) is 8.60. The third-order valence-electron chi connectivity index (χ3n) is 5.13. The standard InChI is InChI=1S/C21H16ClFN8O3S/c1-24-21-26-9-11-7-14(19-29-27-10-31(19)18(11)28-21)13-8-12(3-4-16(13)23)30-35(32,33)17-15(22)5-6-25-20(17)34-2/h3-10,30H,1-2H3,(H,24,26,28). The van der Waals surface area contributed by atoms with Crippen molar-refractivity contribution in [2.75, 3.05) is 24.2 Å². The van der Waals surface area contributed by atoms with Gasteiger partial charge in [-0.25, -0.2) is 22.8 Å². The van der Waals surface area contributed by atoms with Crippen molar-refractivity contribution in [2.24, 2.45) is 0 Å². The van der Waals surface area contributed by atoms with Gasteiger partial charge in [-0.1, -0.05) is 11.6 Å². The highest BCUT2D eigenvalue weighted by Crippen LogP contribution is 2.34. The van der Waals surface area contributed by atoms with E-state index in [-0.39, 0.29) is 27.0 Å². The number of methoxy groups -OCH3 is 1. The molecule has 14 heteroatoms. The number of hydrogen-bond acceptors (Lipinski definition) is 9. The van der Waals surface area contributed by atoms with Crippen LogP contribution in [0.2, 0.25) is 5.02 Å². The Bertz CT molecular complexity index is 1710. The van der Waals surface area contributed by atoms with Crippen LogP contribution < -0.4 is 14.8 Å². The molecular weight excluding hydrogens is 499 g/mol. The molecule has 0 bridgehead atoms. The second-order valence-electron chi connectivity index (χ2n) is 7.24. The summed E-state index contributed by atoms with van der Waals surface area (Å²) >= 11 is 6.11. The molecule has 178 valence electrons. The maximum atomic E-state index is 15.0. The molecule has 0 saturated carbocycles. The van der Waals surface area contributed by atoms with Crippen molar-refractivity contribution < 1.29 is 17.5 Å². The molecule has 0 unspecified atom stereocenters. The molecule has 4 aromatic heterocycles. The lowest BCUT2D eigenvalue weighted by molar-refractivity contribution is 0.385. The van der Waals surface area contributed by atoms with Crippen molar-refractivity contribution in [3.8, 4) is 17.0 Å². The minimum Gasteiger partial charge on any atom is -0.480 e. The number of anilines is 2. The van der Waals surface area contributed by atoms with E-state index in [1.165, 1.54) is 37.8 Å². The first kappa shape index (κ1) is 22.7. The molecule has 35 heavy (non-hydrogen) atoms. The summed E-state index contributed by atoms with van der Waals surface area (Å²) in [5.41, 5.74) is 1.39. The van der Waals surface area contributed by atoms with Crippen molar-refractivity contribution in [1.29, 1.82) is 0 Å². The van der Waals surface area contributed by atoms with Crippen LogP contribution in [0.25, 0.3) is 27.8 Å². The van der Waals surface area contributed by atoms with Gasteiger partial charge >= 0.3 is 0 Å². The van der Waals surface area contributed by atoms with Crippen molar-refractivity contribution in [1.82, 2.24) is 29.5 Å². The molecule has 0 spiro atoms. The molecule has 2 N–H and O–H groups in total. The van der Waals surface area contributed by atoms with E-state index in [1.807, 2.05) is 0 Å². The maximum absolute atomic E-state index is 15.0. The van der Waals surface area contributed by atoms with Gasteiger partial charge < -0.3 is 10.1 Å². The highest BCUT2D eigenvalue weighted by atomic mass is 35.5. The molecule has 0 radical (unpaired) electrons. The van der Waals surface area contributed by atoms with Crippen LogP contribution in [-0.2, 0) is 10.0 Å². The molecule has 4 heterocycles. The van der Waals surface area contributed by atoms with Crippen LogP contribution in [0.15, 0.2) is 53.9 Å². The zero-order chi connectivity index (χ0) is 24.7. The summed E-state index contributed by atoms with van der Waals surface area (Å²) in [7, 11) is -1.26. The minimum atomic E-state index is -4.22. The lowest BCUT2D eigenvalue weighted by Crippen LogP contribution is -2.15. The van der Waals surface area contributed by atoms with Crippen LogP contribution in [0.3, 0.4) is 0 Å². The maximum Gasteiger partial charge on any atom is 0.268 e. The Balaban J connectivity index is 1.64. The predicted octanol–water partition coefficient (Wildman–Crippen LogP) is 3.38. The van der Waals surface area contributed by atoms with E-state index in [0.717, 1.165) is 6.07 Å². The van der Waals surface area contributed by atoms with E-state index in [1.54, 1.807) is 23.7 Å². The van der Waals surface area contributed by atoms with E-state index in [0.29, 0.717) is 28.2 Å². The predicted molar refractivity (Wildman–Crippen MR) is 128 cm³/mol. The molecule has 1 aromatic carbocycles. The number of nitrogens with zero attached hydrogens (tertiary/aromatic N) is 6. The summed E-state index contributed by atoms with van der Waals surface area (Å²) in [5, 5.41) is 11.4. The van der Waals surface area contributed by atoms with Crippen LogP contribution in [0.4, 0.5) is 16.0 Å². The topological polar surface area (TPSA) is 136 Å². The number of pyridine rings is 2. The van der Waals surface area contributed by atoms with Crippen molar-refractivity contribution in [2.45, 2.75) is 4.90 Å². The third kappa shape index (κ3) is 3.94. The van der Waals surface area contributed by atoms with Crippen LogP contribution in [0.1, 0.15) is 0 Å². The Morgan fingerprint density at radius 1 is 1.11 bits per heavy atom. The molecule has 0 aliphatic heterocycles. The quantitative estimate of drug-likeness (QED) is 0.349. The number of nitrogens with one attached hydrogen (secondary N) is 2. The van der Waals surface area contributed by atoms with Gasteiger partial charge in [0.1, 0.15) is 12.1 Å². The first-order valence-corrected chi connectivity index (χ1v) is 11.9. The average Bonchev–Trinajstić information content (AvgIpc) is 3.34. The first-order valence-electron chi connectivity index (χ1n) is 10.0. The van der Waals surface area contributed by atoms with E-state index in [4.69, 9.17) is 16.3 Å². The Kier molecular flexibility index (Phi) is 5.57. The fourth-order valence-corrected chi connectivity index (χ4v) is 5.26. The Morgan fingerprint density at radius 3 is 2.71 bits per heavy atom. The number of halogens is 2. The van der Waals surface area contributed by atoms with Crippen molar-refractivity contribution >= 4 is 49.9 Å². The summed E-state index contributed by atoms with van der Waals surface area (Å²) in [6.45, 7) is 0. The lowest BCUT2D eigenvalue weighted by Gasteiger charge is -2.14. The normalized spacial score (nSPS) is 11.7. The van der Waals surface area contributed by atoms with Crippen LogP contribution in [0.5, 0.6) is 5.88 Å². The summed E-state index contributed by atoms with van der Waals surface area (Å²) in [5.74, 6) is -0.373. The van der Waals surface area contributed by atoms with E-state index < -0.39 is 15.8 Å². The molecule has 0 fully saturated rings. The molecule has 0 amide bonds. The summed E-state index contributed by atoms with van der Waals surface area (Å²) in [6.07, 6.45) is 4.36. The molecule has 0 atom stereocenters. The van der Waals surface area contributed by atoms with Crippen LogP contribution >= 0.6 is 11.6 Å². The minimum absolute atomic E-state index is 0.0766. The Labute approximate surface area is 203 Å². The Morgan fingerprint density at radius 2 is 1.94 bits per heavy atom. The largest absolute Gasteiger partial charge is 0.480 e. The third-order valence-corrected chi connectivity index (χ3v) is 6.99.